The molecule has 0 spiro atoms. The van der Waals surface area contributed by atoms with Crippen molar-refractivity contribution < 1.29 is 9.84 Å². The van der Waals surface area contributed by atoms with Crippen LogP contribution >= 0.6 is 11.6 Å². The van der Waals surface area contributed by atoms with E-state index in [2.05, 4.69) is 24.0 Å². The lowest BCUT2D eigenvalue weighted by atomic mass is 9.90. The van der Waals surface area contributed by atoms with Crippen molar-refractivity contribution in [3.05, 3.63) is 94.5 Å². The van der Waals surface area contributed by atoms with Crippen molar-refractivity contribution in [2.24, 2.45) is 0 Å². The number of hydrogen-bond donors (Lipinski definition) is 1. The van der Waals surface area contributed by atoms with Gasteiger partial charge in [-0.25, -0.2) is 0 Å². The smallest absolute Gasteiger partial charge is 0.119 e. The molecule has 160 valence electrons. The number of allylic oxidation sites excluding steroid dienone is 1. The monoisotopic (exact) mass is 433 g/mol. The van der Waals surface area contributed by atoms with Gasteiger partial charge in [0, 0.05) is 11.6 Å². The lowest BCUT2D eigenvalue weighted by Crippen LogP contribution is -2.25. The summed E-state index contributed by atoms with van der Waals surface area (Å²) < 4.78 is 5.98. The number of hydrogen-bond acceptors (Lipinski definition) is 3. The molecule has 0 radical (unpaired) electrons. The summed E-state index contributed by atoms with van der Waals surface area (Å²) >= 11 is 6.09. The number of likely N-dealkylation sites (tertiary alicyclic amines) is 1. The Kier molecular flexibility index (Phi) is 6.96. The maximum Gasteiger partial charge on any atom is 0.119 e. The SMILES string of the molecule is C/C(=C(/c1ccc(O)cc1)c1ccc(OCCN2CCCC2)cc1)c1ccc(Cl)cc1. The fourth-order valence-corrected chi connectivity index (χ4v) is 4.21. The van der Waals surface area contributed by atoms with Crippen molar-refractivity contribution >= 4 is 22.7 Å². The van der Waals surface area contributed by atoms with E-state index < -0.39 is 0 Å². The lowest BCUT2D eigenvalue weighted by Gasteiger charge is -2.16. The van der Waals surface area contributed by atoms with Crippen molar-refractivity contribution in [3.63, 3.8) is 0 Å². The molecule has 4 heteroatoms. The Morgan fingerprint density at radius 3 is 2.00 bits per heavy atom. The second-order valence-electron chi connectivity index (χ2n) is 7.98. The highest BCUT2D eigenvalue weighted by Gasteiger charge is 2.13. The molecule has 31 heavy (non-hydrogen) atoms. The van der Waals surface area contributed by atoms with Gasteiger partial charge in [-0.1, -0.05) is 48.0 Å². The third-order valence-corrected chi connectivity index (χ3v) is 6.08. The fraction of sp³-hybridized carbons (Fsp3) is 0.259. The van der Waals surface area contributed by atoms with Gasteiger partial charge in [0.05, 0.1) is 0 Å². The third kappa shape index (κ3) is 5.49. The summed E-state index contributed by atoms with van der Waals surface area (Å²) in [7, 11) is 0. The zero-order valence-corrected chi connectivity index (χ0v) is 18.6. The number of halogens is 1. The second kappa shape index (κ2) is 10.0. The predicted octanol–water partition coefficient (Wildman–Crippen LogP) is 6.50. The standard InChI is InChI=1S/C27H28ClNO2/c1-20(21-4-10-24(28)11-5-21)27(22-6-12-25(30)13-7-22)23-8-14-26(15-9-23)31-19-18-29-16-2-3-17-29/h4-15,30H,2-3,16-19H2,1H3/b27-20+. The molecule has 3 aromatic rings. The summed E-state index contributed by atoms with van der Waals surface area (Å²) in [5.74, 6) is 1.14. The average molecular weight is 434 g/mol. The summed E-state index contributed by atoms with van der Waals surface area (Å²) in [6.07, 6.45) is 2.60. The van der Waals surface area contributed by atoms with Gasteiger partial charge in [-0.05, 0) is 97.1 Å². The van der Waals surface area contributed by atoms with Gasteiger partial charge in [-0.15, -0.1) is 0 Å². The van der Waals surface area contributed by atoms with E-state index in [1.54, 1.807) is 12.1 Å². The highest BCUT2D eigenvalue weighted by atomic mass is 35.5. The molecule has 0 bridgehead atoms. The summed E-state index contributed by atoms with van der Waals surface area (Å²) in [6, 6.07) is 23.5. The second-order valence-corrected chi connectivity index (χ2v) is 8.41. The fourth-order valence-electron chi connectivity index (χ4n) is 4.09. The Morgan fingerprint density at radius 1 is 0.839 bits per heavy atom. The molecule has 0 atom stereocenters. The van der Waals surface area contributed by atoms with Gasteiger partial charge >= 0.3 is 0 Å². The number of rotatable bonds is 7. The zero-order valence-electron chi connectivity index (χ0n) is 17.9. The maximum atomic E-state index is 9.74. The molecule has 1 N–H and O–H groups in total. The van der Waals surface area contributed by atoms with Crippen LogP contribution in [0.3, 0.4) is 0 Å². The number of aromatic hydroxyl groups is 1. The first-order chi connectivity index (χ1) is 15.1. The minimum Gasteiger partial charge on any atom is -0.508 e. The van der Waals surface area contributed by atoms with Crippen LogP contribution in [0, 0.1) is 0 Å². The van der Waals surface area contributed by atoms with Crippen LogP contribution in [0.4, 0.5) is 0 Å². The molecule has 1 saturated heterocycles. The molecule has 3 nitrogen and oxygen atoms in total. The van der Waals surface area contributed by atoms with Crippen molar-refractivity contribution in [3.8, 4) is 11.5 Å². The van der Waals surface area contributed by atoms with Gasteiger partial charge in [-0.3, -0.25) is 4.90 Å². The minimum atomic E-state index is 0.258. The molecule has 1 aliphatic heterocycles. The van der Waals surface area contributed by atoms with Gasteiger partial charge in [0.15, 0.2) is 0 Å². The highest BCUT2D eigenvalue weighted by Crippen LogP contribution is 2.34. The van der Waals surface area contributed by atoms with Crippen molar-refractivity contribution in [2.45, 2.75) is 19.8 Å². The molecule has 1 heterocycles. The quantitative estimate of drug-likeness (QED) is 0.431. The first-order valence-corrected chi connectivity index (χ1v) is 11.2. The number of benzene rings is 3. The van der Waals surface area contributed by atoms with Crippen LogP contribution in [-0.4, -0.2) is 36.2 Å². The Morgan fingerprint density at radius 2 is 1.39 bits per heavy atom. The summed E-state index contributed by atoms with van der Waals surface area (Å²) in [6.45, 7) is 6.19. The van der Waals surface area contributed by atoms with Crippen LogP contribution in [0.2, 0.25) is 5.02 Å². The molecule has 0 amide bonds. The molecule has 1 fully saturated rings. The molecule has 4 rings (SSSR count). The van der Waals surface area contributed by atoms with E-state index in [0.717, 1.165) is 45.2 Å². The number of ether oxygens (including phenoxy) is 1. The van der Waals surface area contributed by atoms with Crippen molar-refractivity contribution in [1.82, 2.24) is 4.90 Å². The molecular formula is C27H28ClNO2. The van der Waals surface area contributed by atoms with E-state index in [9.17, 15) is 5.11 Å². The van der Waals surface area contributed by atoms with Crippen LogP contribution in [0.1, 0.15) is 36.5 Å². The molecule has 0 aliphatic carbocycles. The third-order valence-electron chi connectivity index (χ3n) is 5.83. The van der Waals surface area contributed by atoms with Gasteiger partial charge in [0.25, 0.3) is 0 Å². The van der Waals surface area contributed by atoms with E-state index in [1.165, 1.54) is 25.9 Å². The first kappa shape index (κ1) is 21.5. The van der Waals surface area contributed by atoms with Crippen LogP contribution in [0.15, 0.2) is 72.8 Å². The van der Waals surface area contributed by atoms with Gasteiger partial charge in [0.2, 0.25) is 0 Å². The number of nitrogens with zero attached hydrogens (tertiary/aromatic N) is 1. The van der Waals surface area contributed by atoms with Crippen LogP contribution in [0.25, 0.3) is 11.1 Å². The molecule has 0 aromatic heterocycles. The zero-order chi connectivity index (χ0) is 21.6. The molecule has 0 saturated carbocycles. The van der Waals surface area contributed by atoms with E-state index in [4.69, 9.17) is 16.3 Å². The predicted molar refractivity (Wildman–Crippen MR) is 129 cm³/mol. The van der Waals surface area contributed by atoms with E-state index in [-0.39, 0.29) is 5.75 Å². The van der Waals surface area contributed by atoms with Crippen LogP contribution in [0.5, 0.6) is 11.5 Å². The van der Waals surface area contributed by atoms with Crippen molar-refractivity contribution in [1.29, 1.82) is 0 Å². The van der Waals surface area contributed by atoms with E-state index in [1.807, 2.05) is 48.5 Å². The Bertz CT molecular complexity index is 1020. The average Bonchev–Trinajstić information content (AvgIpc) is 3.30. The first-order valence-electron chi connectivity index (χ1n) is 10.8. The molecule has 3 aromatic carbocycles. The largest absolute Gasteiger partial charge is 0.508 e. The Labute approximate surface area is 189 Å². The van der Waals surface area contributed by atoms with E-state index >= 15 is 0 Å². The Hall–Kier alpha value is -2.75. The van der Waals surface area contributed by atoms with Gasteiger partial charge in [-0.2, -0.15) is 0 Å². The molecule has 1 aliphatic rings. The normalized spacial score (nSPS) is 15.0. The number of phenols is 1. The van der Waals surface area contributed by atoms with Crippen LogP contribution < -0.4 is 4.74 Å². The Balaban J connectivity index is 1.59. The highest BCUT2D eigenvalue weighted by molar-refractivity contribution is 6.30. The van der Waals surface area contributed by atoms with Crippen molar-refractivity contribution in [2.75, 3.05) is 26.2 Å². The van der Waals surface area contributed by atoms with E-state index in [0.29, 0.717) is 6.61 Å². The van der Waals surface area contributed by atoms with Gasteiger partial charge in [0.1, 0.15) is 18.1 Å². The van der Waals surface area contributed by atoms with Crippen LogP contribution in [-0.2, 0) is 0 Å². The topological polar surface area (TPSA) is 32.7 Å². The summed E-state index contributed by atoms with van der Waals surface area (Å²) in [5.41, 5.74) is 5.52. The molecular weight excluding hydrogens is 406 g/mol. The summed E-state index contributed by atoms with van der Waals surface area (Å²) in [5, 5.41) is 10.5. The lowest BCUT2D eigenvalue weighted by molar-refractivity contribution is 0.238. The number of phenolic OH excluding ortho intramolecular Hbond substituents is 1. The molecule has 0 unspecified atom stereocenters. The maximum absolute atomic E-state index is 9.74. The van der Waals surface area contributed by atoms with Gasteiger partial charge < -0.3 is 9.84 Å². The minimum absolute atomic E-state index is 0.258. The summed E-state index contributed by atoms with van der Waals surface area (Å²) in [4.78, 5) is 2.45.